The molecule has 0 amide bonds. The van der Waals surface area contributed by atoms with E-state index in [2.05, 4.69) is 23.8 Å². The number of unbranched alkanes of at least 4 members (excludes halogenated alkanes) is 3. The molecule has 0 atom stereocenters. The van der Waals surface area contributed by atoms with Crippen molar-refractivity contribution in [3.8, 4) is 0 Å². The summed E-state index contributed by atoms with van der Waals surface area (Å²) >= 11 is 1.80. The Labute approximate surface area is 98.5 Å². The molecule has 1 rings (SSSR count). The van der Waals surface area contributed by atoms with E-state index in [1.807, 2.05) is 0 Å². The maximum atomic E-state index is 2.26. The van der Waals surface area contributed by atoms with Crippen molar-refractivity contribution in [3.63, 3.8) is 0 Å². The van der Waals surface area contributed by atoms with Crippen LogP contribution in [-0.2, 0) is 6.42 Å². The Hall–Kier alpha value is 0.466. The summed E-state index contributed by atoms with van der Waals surface area (Å²) in [5.74, 6) is 0. The van der Waals surface area contributed by atoms with E-state index in [1.165, 1.54) is 37.7 Å². The number of thiophene rings is 1. The molecule has 0 spiro atoms. The van der Waals surface area contributed by atoms with E-state index in [1.54, 1.807) is 11.3 Å². The molecule has 0 nitrogen and oxygen atoms in total. The molecule has 1 heterocycles. The standard InChI is InChI=1S/C10H16S.Mg.2H/c1-2-3-4-5-6-10-7-8-11-9-10;;;/h7-9H,2-6H2,1H3;;;/q;+2;2*-1. The van der Waals surface area contributed by atoms with Crippen LogP contribution in [0.25, 0.3) is 0 Å². The first-order valence-electron chi connectivity index (χ1n) is 4.44. The normalized spacial score (nSPS) is 9.42. The van der Waals surface area contributed by atoms with E-state index in [0.29, 0.717) is 0 Å². The van der Waals surface area contributed by atoms with Crippen molar-refractivity contribution in [2.45, 2.75) is 39.0 Å². The van der Waals surface area contributed by atoms with Crippen LogP contribution in [0.15, 0.2) is 16.8 Å². The number of hydrogen-bond acceptors (Lipinski definition) is 1. The third kappa shape index (κ3) is 5.17. The van der Waals surface area contributed by atoms with Gasteiger partial charge in [-0.3, -0.25) is 0 Å². The first-order valence-corrected chi connectivity index (χ1v) is 5.39. The third-order valence-corrected chi connectivity index (χ3v) is 2.63. The second-order valence-electron chi connectivity index (χ2n) is 2.94. The second-order valence-corrected chi connectivity index (χ2v) is 3.72. The molecule has 0 aliphatic heterocycles. The van der Waals surface area contributed by atoms with Crippen LogP contribution in [0.1, 0.15) is 41.0 Å². The van der Waals surface area contributed by atoms with Crippen molar-refractivity contribution in [3.05, 3.63) is 22.4 Å². The summed E-state index contributed by atoms with van der Waals surface area (Å²) in [5, 5.41) is 4.42. The van der Waals surface area contributed by atoms with Gasteiger partial charge in [-0.25, -0.2) is 0 Å². The van der Waals surface area contributed by atoms with E-state index < -0.39 is 0 Å². The summed E-state index contributed by atoms with van der Waals surface area (Å²) < 4.78 is 0. The van der Waals surface area contributed by atoms with Gasteiger partial charge in [-0.05, 0) is 35.2 Å². The van der Waals surface area contributed by atoms with Gasteiger partial charge >= 0.3 is 23.1 Å². The quantitative estimate of drug-likeness (QED) is 0.495. The Morgan fingerprint density at radius 1 is 1.33 bits per heavy atom. The molecule has 0 radical (unpaired) electrons. The van der Waals surface area contributed by atoms with Gasteiger partial charge in [-0.15, -0.1) is 0 Å². The zero-order valence-electron chi connectivity index (χ0n) is 9.88. The van der Waals surface area contributed by atoms with Crippen LogP contribution in [-0.4, -0.2) is 23.1 Å². The minimum atomic E-state index is 0. The summed E-state index contributed by atoms with van der Waals surface area (Å²) in [5.41, 5.74) is 1.52. The molecular formula is C10H18MgS. The van der Waals surface area contributed by atoms with Gasteiger partial charge in [0.25, 0.3) is 0 Å². The van der Waals surface area contributed by atoms with Gasteiger partial charge in [-0.1, -0.05) is 26.2 Å². The van der Waals surface area contributed by atoms with Crippen LogP contribution in [0.4, 0.5) is 0 Å². The van der Waals surface area contributed by atoms with Crippen molar-refractivity contribution in [1.29, 1.82) is 0 Å². The minimum absolute atomic E-state index is 0. The van der Waals surface area contributed by atoms with Crippen molar-refractivity contribution >= 4 is 34.4 Å². The van der Waals surface area contributed by atoms with Crippen LogP contribution >= 0.6 is 11.3 Å². The average Bonchev–Trinajstić information content (AvgIpc) is 2.50. The van der Waals surface area contributed by atoms with Crippen LogP contribution in [0.5, 0.6) is 0 Å². The molecule has 0 saturated carbocycles. The summed E-state index contributed by atoms with van der Waals surface area (Å²) in [6, 6.07) is 2.23. The number of aryl methyl sites for hydroxylation is 1. The SMILES string of the molecule is CCCCCCc1ccsc1.[H-].[H-].[Mg+2]. The second kappa shape index (κ2) is 8.08. The van der Waals surface area contributed by atoms with Crippen molar-refractivity contribution < 1.29 is 2.85 Å². The first-order chi connectivity index (χ1) is 5.43. The van der Waals surface area contributed by atoms with Crippen LogP contribution in [0, 0.1) is 0 Å². The average molecular weight is 195 g/mol. The Morgan fingerprint density at radius 2 is 2.17 bits per heavy atom. The van der Waals surface area contributed by atoms with Crippen molar-refractivity contribution in [2.24, 2.45) is 0 Å². The molecule has 0 fully saturated rings. The Kier molecular flexibility index (Phi) is 8.40. The van der Waals surface area contributed by atoms with Crippen LogP contribution in [0.3, 0.4) is 0 Å². The smallest absolute Gasteiger partial charge is 1.00 e. The van der Waals surface area contributed by atoms with E-state index in [0.717, 1.165) is 0 Å². The fraction of sp³-hybridized carbons (Fsp3) is 0.600. The van der Waals surface area contributed by atoms with Gasteiger partial charge in [0.05, 0.1) is 0 Å². The molecular weight excluding hydrogens is 176 g/mol. The summed E-state index contributed by atoms with van der Waals surface area (Å²) in [7, 11) is 0. The number of rotatable bonds is 5. The van der Waals surface area contributed by atoms with Crippen LogP contribution in [0.2, 0.25) is 0 Å². The maximum absolute atomic E-state index is 2.26. The molecule has 0 bridgehead atoms. The molecule has 1 aromatic rings. The van der Waals surface area contributed by atoms with Crippen molar-refractivity contribution in [2.75, 3.05) is 0 Å². The van der Waals surface area contributed by atoms with Gasteiger partial charge in [0, 0.05) is 0 Å². The molecule has 66 valence electrons. The topological polar surface area (TPSA) is 0 Å². The number of hydrogen-bond donors (Lipinski definition) is 0. The molecule has 0 aliphatic carbocycles. The molecule has 1 aromatic heterocycles. The van der Waals surface area contributed by atoms with E-state index >= 15 is 0 Å². The van der Waals surface area contributed by atoms with Gasteiger partial charge < -0.3 is 2.85 Å². The fourth-order valence-corrected chi connectivity index (χ4v) is 1.89. The monoisotopic (exact) mass is 194 g/mol. The molecule has 2 heteroatoms. The summed E-state index contributed by atoms with van der Waals surface area (Å²) in [6.07, 6.45) is 6.77. The minimum Gasteiger partial charge on any atom is -1.00 e. The fourth-order valence-electron chi connectivity index (χ4n) is 1.19. The van der Waals surface area contributed by atoms with Crippen molar-refractivity contribution in [1.82, 2.24) is 0 Å². The molecule has 0 unspecified atom stereocenters. The van der Waals surface area contributed by atoms with E-state index in [4.69, 9.17) is 0 Å². The predicted octanol–water partition coefficient (Wildman–Crippen LogP) is 3.72. The zero-order valence-corrected chi connectivity index (χ0v) is 10.1. The zero-order chi connectivity index (χ0) is 7.94. The largest absolute Gasteiger partial charge is 2.00 e. The van der Waals surface area contributed by atoms with Gasteiger partial charge in [0.1, 0.15) is 0 Å². The molecule has 0 aromatic carbocycles. The Balaban J connectivity index is -0.000000403. The first kappa shape index (κ1) is 12.5. The van der Waals surface area contributed by atoms with Crippen LogP contribution < -0.4 is 0 Å². The molecule has 0 aliphatic rings. The van der Waals surface area contributed by atoms with Gasteiger partial charge in [0.2, 0.25) is 0 Å². The third-order valence-electron chi connectivity index (χ3n) is 1.90. The maximum Gasteiger partial charge on any atom is 2.00 e. The van der Waals surface area contributed by atoms with Gasteiger partial charge in [-0.2, -0.15) is 11.3 Å². The van der Waals surface area contributed by atoms with Gasteiger partial charge in [0.15, 0.2) is 0 Å². The Morgan fingerprint density at radius 3 is 2.75 bits per heavy atom. The molecule has 12 heavy (non-hydrogen) atoms. The summed E-state index contributed by atoms with van der Waals surface area (Å²) in [6.45, 7) is 2.25. The predicted molar refractivity (Wildman–Crippen MR) is 60.1 cm³/mol. The molecule has 0 saturated heterocycles. The van der Waals surface area contributed by atoms with E-state index in [-0.39, 0.29) is 25.9 Å². The van der Waals surface area contributed by atoms with E-state index in [9.17, 15) is 0 Å². The summed E-state index contributed by atoms with van der Waals surface area (Å²) in [4.78, 5) is 0. The Bertz CT molecular complexity index is 178. The molecule has 0 N–H and O–H groups in total.